The number of benzene rings is 2. The number of carbonyl (C=O) groups is 1. The molecular weight excluding hydrogens is 377 g/mol. The van der Waals surface area contributed by atoms with Crippen molar-refractivity contribution in [2.75, 3.05) is 6.54 Å². The van der Waals surface area contributed by atoms with Crippen molar-refractivity contribution in [2.45, 2.75) is 51.9 Å². The molecule has 3 rings (SSSR count). The quantitative estimate of drug-likeness (QED) is 0.549. The van der Waals surface area contributed by atoms with E-state index in [0.717, 1.165) is 16.6 Å². The predicted octanol–water partition coefficient (Wildman–Crippen LogP) is 4.32. The molecule has 1 aliphatic heterocycles. The van der Waals surface area contributed by atoms with E-state index in [0.29, 0.717) is 13.0 Å². The van der Waals surface area contributed by atoms with E-state index >= 15 is 0 Å². The molecule has 2 aromatic rings. The van der Waals surface area contributed by atoms with Crippen molar-refractivity contribution in [1.82, 2.24) is 5.32 Å². The van der Waals surface area contributed by atoms with Crippen molar-refractivity contribution in [3.05, 3.63) is 71.8 Å². The number of nitrogens with one attached hydrogen (secondary N) is 1. The third kappa shape index (κ3) is 5.74. The van der Waals surface area contributed by atoms with Gasteiger partial charge in [-0.2, -0.15) is 0 Å². The Balaban J connectivity index is 1.43. The molecule has 30 heavy (non-hydrogen) atoms. The van der Waals surface area contributed by atoms with Crippen molar-refractivity contribution in [3.63, 3.8) is 0 Å². The lowest BCUT2D eigenvalue weighted by Crippen LogP contribution is -2.41. The molecule has 0 bridgehead atoms. The fourth-order valence-electron chi connectivity index (χ4n) is 3.04. The molecule has 0 aromatic heterocycles. The van der Waals surface area contributed by atoms with Gasteiger partial charge in [-0.15, -0.1) is 0 Å². The van der Waals surface area contributed by atoms with E-state index < -0.39 is 6.09 Å². The van der Waals surface area contributed by atoms with E-state index in [1.54, 1.807) is 0 Å². The van der Waals surface area contributed by atoms with E-state index in [9.17, 15) is 4.79 Å². The average molecular weight is 407 g/mol. The zero-order chi connectivity index (χ0) is 21.6. The predicted molar refractivity (Wildman–Crippen MR) is 120 cm³/mol. The molecule has 0 spiro atoms. The maximum atomic E-state index is 11.8. The van der Waals surface area contributed by atoms with Crippen LogP contribution in [0.15, 0.2) is 60.7 Å². The van der Waals surface area contributed by atoms with Gasteiger partial charge in [0.1, 0.15) is 6.61 Å². The lowest BCUT2D eigenvalue weighted by Gasteiger charge is -2.32. The third-order valence-corrected chi connectivity index (χ3v) is 5.54. The molecule has 1 aliphatic rings. The van der Waals surface area contributed by atoms with E-state index in [-0.39, 0.29) is 24.9 Å². The van der Waals surface area contributed by atoms with Crippen LogP contribution in [-0.2, 0) is 20.7 Å². The van der Waals surface area contributed by atoms with E-state index in [1.165, 1.54) is 0 Å². The molecule has 1 N–H and O–H groups in total. The minimum Gasteiger partial charge on any atom is -0.445 e. The molecule has 0 saturated carbocycles. The van der Waals surface area contributed by atoms with Gasteiger partial charge in [0, 0.05) is 6.54 Å². The lowest BCUT2D eigenvalue weighted by atomic mass is 9.78. The fraction of sp³-hybridized carbons (Fsp3) is 0.375. The molecule has 6 heteroatoms. The second-order valence-corrected chi connectivity index (χ2v) is 8.44. The van der Waals surface area contributed by atoms with Crippen LogP contribution in [0, 0.1) is 0 Å². The van der Waals surface area contributed by atoms with Crippen molar-refractivity contribution in [1.29, 1.82) is 0 Å². The van der Waals surface area contributed by atoms with Gasteiger partial charge >= 0.3 is 13.2 Å². The Kier molecular flexibility index (Phi) is 7.00. The van der Waals surface area contributed by atoms with Crippen LogP contribution >= 0.6 is 0 Å². The zero-order valence-electron chi connectivity index (χ0n) is 18.2. The van der Waals surface area contributed by atoms with Gasteiger partial charge in [-0.25, -0.2) is 4.79 Å². The first-order valence-electron chi connectivity index (χ1n) is 10.3. The van der Waals surface area contributed by atoms with Crippen LogP contribution < -0.4 is 10.8 Å². The summed E-state index contributed by atoms with van der Waals surface area (Å²) in [7, 11) is -0.371. The van der Waals surface area contributed by atoms with Crippen LogP contribution in [0.3, 0.4) is 0 Å². The summed E-state index contributed by atoms with van der Waals surface area (Å²) in [5.41, 5.74) is 2.32. The molecule has 158 valence electrons. The van der Waals surface area contributed by atoms with Gasteiger partial charge < -0.3 is 19.4 Å². The second kappa shape index (κ2) is 9.50. The van der Waals surface area contributed by atoms with Crippen molar-refractivity contribution in [3.8, 4) is 0 Å². The van der Waals surface area contributed by atoms with Crippen LogP contribution in [0.5, 0.6) is 0 Å². The highest BCUT2D eigenvalue weighted by Gasteiger charge is 2.51. The van der Waals surface area contributed by atoms with Crippen molar-refractivity contribution in [2.24, 2.45) is 0 Å². The molecule has 0 aliphatic carbocycles. The maximum absolute atomic E-state index is 11.8. The highest BCUT2D eigenvalue weighted by Crippen LogP contribution is 2.36. The summed E-state index contributed by atoms with van der Waals surface area (Å²) in [6.45, 7) is 8.99. The summed E-state index contributed by atoms with van der Waals surface area (Å²) >= 11 is 0. The molecule has 0 radical (unpaired) electrons. The first kappa shape index (κ1) is 22.1. The van der Waals surface area contributed by atoms with Crippen molar-refractivity contribution < 1.29 is 18.8 Å². The molecule has 5 nitrogen and oxygen atoms in total. The SMILES string of the molecule is CC1(C)OB(c2cccc(C=CCCNC(=O)OCc3ccccc3)c2)OC1(C)C. The molecular formula is C24H30BNO4. The van der Waals surface area contributed by atoms with Crippen molar-refractivity contribution >= 4 is 24.8 Å². The molecule has 1 heterocycles. The average Bonchev–Trinajstić information content (AvgIpc) is 2.94. The molecule has 2 aromatic carbocycles. The molecule has 0 unspecified atom stereocenters. The lowest BCUT2D eigenvalue weighted by molar-refractivity contribution is 0.00578. The van der Waals surface area contributed by atoms with E-state index in [1.807, 2.05) is 60.7 Å². The Bertz CT molecular complexity index is 864. The standard InChI is InChI=1S/C24H30BNO4/c1-23(2)24(3,4)30-25(29-23)21-15-10-14-19(17-21)11-8-9-16-26-22(27)28-18-20-12-6-5-7-13-20/h5-8,10-15,17H,9,16,18H2,1-4H3,(H,26,27). The zero-order valence-corrected chi connectivity index (χ0v) is 18.2. The topological polar surface area (TPSA) is 56.8 Å². The molecule has 1 amide bonds. The highest BCUT2D eigenvalue weighted by molar-refractivity contribution is 6.62. The summed E-state index contributed by atoms with van der Waals surface area (Å²) < 4.78 is 17.4. The number of alkyl carbamates (subject to hydrolysis) is 1. The minimum atomic E-state index is -0.407. The van der Waals surface area contributed by atoms with Gasteiger partial charge in [0.25, 0.3) is 0 Å². The third-order valence-electron chi connectivity index (χ3n) is 5.54. The number of ether oxygens (including phenoxy) is 1. The smallest absolute Gasteiger partial charge is 0.445 e. The van der Waals surface area contributed by atoms with Crippen LogP contribution in [0.4, 0.5) is 4.79 Å². The Morgan fingerprint density at radius 2 is 1.73 bits per heavy atom. The first-order valence-corrected chi connectivity index (χ1v) is 10.3. The number of carbonyl (C=O) groups excluding carboxylic acids is 1. The van der Waals surface area contributed by atoms with Gasteiger partial charge in [-0.05, 0) is 50.7 Å². The Morgan fingerprint density at radius 1 is 1.03 bits per heavy atom. The van der Waals surface area contributed by atoms with Gasteiger partial charge in [-0.3, -0.25) is 0 Å². The monoisotopic (exact) mass is 407 g/mol. The van der Waals surface area contributed by atoms with Crippen LogP contribution in [0.1, 0.15) is 45.2 Å². The van der Waals surface area contributed by atoms with Crippen LogP contribution in [0.25, 0.3) is 6.08 Å². The van der Waals surface area contributed by atoms with Crippen LogP contribution in [0.2, 0.25) is 0 Å². The highest BCUT2D eigenvalue weighted by atomic mass is 16.7. The van der Waals surface area contributed by atoms with Gasteiger partial charge in [-0.1, -0.05) is 66.7 Å². The summed E-state index contributed by atoms with van der Waals surface area (Å²) in [6, 6.07) is 17.7. The Morgan fingerprint density at radius 3 is 2.43 bits per heavy atom. The largest absolute Gasteiger partial charge is 0.494 e. The normalized spacial score (nSPS) is 17.3. The van der Waals surface area contributed by atoms with Gasteiger partial charge in [0.05, 0.1) is 11.2 Å². The van der Waals surface area contributed by atoms with E-state index in [2.05, 4.69) is 39.1 Å². The molecule has 1 fully saturated rings. The number of amides is 1. The first-order chi connectivity index (χ1) is 14.3. The number of hydrogen-bond acceptors (Lipinski definition) is 4. The van der Waals surface area contributed by atoms with Gasteiger partial charge in [0.2, 0.25) is 0 Å². The minimum absolute atomic E-state index is 0.272. The van der Waals surface area contributed by atoms with E-state index in [4.69, 9.17) is 14.0 Å². The number of rotatable bonds is 7. The maximum Gasteiger partial charge on any atom is 0.494 e. The fourth-order valence-corrected chi connectivity index (χ4v) is 3.04. The summed E-state index contributed by atoms with van der Waals surface area (Å²) in [4.78, 5) is 11.8. The Hall–Kier alpha value is -2.57. The molecule has 1 saturated heterocycles. The summed E-state index contributed by atoms with van der Waals surface area (Å²) in [5, 5.41) is 2.76. The second-order valence-electron chi connectivity index (χ2n) is 8.44. The Labute approximate surface area is 179 Å². The summed E-state index contributed by atoms with van der Waals surface area (Å²) in [5.74, 6) is 0. The number of hydrogen-bond donors (Lipinski definition) is 1. The molecule has 0 atom stereocenters. The summed E-state index contributed by atoms with van der Waals surface area (Å²) in [6.07, 6.45) is 4.36. The van der Waals surface area contributed by atoms with Crippen LogP contribution in [-0.4, -0.2) is 31.0 Å². The van der Waals surface area contributed by atoms with Gasteiger partial charge in [0.15, 0.2) is 0 Å².